The Bertz CT molecular complexity index is 467. The molecule has 0 fully saturated rings. The molecule has 0 aliphatic carbocycles. The van der Waals surface area contributed by atoms with E-state index in [4.69, 9.17) is 4.74 Å². The van der Waals surface area contributed by atoms with Crippen molar-refractivity contribution in [1.82, 2.24) is 0 Å². The maximum Gasteiger partial charge on any atom is 0.335 e. The van der Waals surface area contributed by atoms with Crippen molar-refractivity contribution < 1.29 is 14.6 Å². The zero-order valence-electron chi connectivity index (χ0n) is 13.6. The third kappa shape index (κ3) is 3.53. The van der Waals surface area contributed by atoms with Crippen LogP contribution in [0.1, 0.15) is 70.0 Å². The number of carboxylic acids is 1. The molecule has 112 valence electrons. The van der Waals surface area contributed by atoms with Crippen LogP contribution in [0.2, 0.25) is 0 Å². The Labute approximate surface area is 122 Å². The molecule has 3 nitrogen and oxygen atoms in total. The number of benzene rings is 1. The number of hydrogen-bond donors (Lipinski definition) is 1. The molecule has 1 rings (SSSR count). The Morgan fingerprint density at radius 1 is 1.05 bits per heavy atom. The van der Waals surface area contributed by atoms with Crippen LogP contribution in [0.25, 0.3) is 0 Å². The summed E-state index contributed by atoms with van der Waals surface area (Å²) in [7, 11) is 0. The van der Waals surface area contributed by atoms with E-state index in [0.717, 1.165) is 16.9 Å². The number of carboxylic acid groups (broad SMARTS) is 1. The van der Waals surface area contributed by atoms with Crippen LogP contribution in [0.15, 0.2) is 12.1 Å². The number of hydrogen-bond acceptors (Lipinski definition) is 2. The summed E-state index contributed by atoms with van der Waals surface area (Å²) in [5.41, 5.74) is 1.88. The molecule has 0 radical (unpaired) electrons. The monoisotopic (exact) mass is 278 g/mol. The van der Waals surface area contributed by atoms with Gasteiger partial charge in [-0.05, 0) is 29.9 Å². The summed E-state index contributed by atoms with van der Waals surface area (Å²) in [6, 6.07) is 3.48. The van der Waals surface area contributed by atoms with Crippen LogP contribution in [-0.2, 0) is 10.8 Å². The molecule has 0 heterocycles. The van der Waals surface area contributed by atoms with Crippen molar-refractivity contribution in [2.24, 2.45) is 0 Å². The molecule has 0 unspecified atom stereocenters. The highest BCUT2D eigenvalue weighted by Crippen LogP contribution is 2.40. The van der Waals surface area contributed by atoms with Crippen LogP contribution in [0.3, 0.4) is 0 Å². The van der Waals surface area contributed by atoms with Crippen LogP contribution in [0.4, 0.5) is 0 Å². The lowest BCUT2D eigenvalue weighted by Crippen LogP contribution is -2.21. The molecule has 0 bridgehead atoms. The molecule has 0 aromatic heterocycles. The van der Waals surface area contributed by atoms with Gasteiger partial charge in [-0.1, -0.05) is 41.5 Å². The van der Waals surface area contributed by atoms with Gasteiger partial charge < -0.3 is 9.84 Å². The summed E-state index contributed by atoms with van der Waals surface area (Å²) in [4.78, 5) is 11.4. The number of carbonyl (C=O) groups is 1. The van der Waals surface area contributed by atoms with Crippen LogP contribution >= 0.6 is 0 Å². The largest absolute Gasteiger partial charge is 0.493 e. The minimum atomic E-state index is -0.899. The zero-order valence-corrected chi connectivity index (χ0v) is 13.6. The van der Waals surface area contributed by atoms with E-state index in [1.165, 1.54) is 0 Å². The maximum atomic E-state index is 11.4. The fourth-order valence-corrected chi connectivity index (χ4v) is 2.17. The van der Waals surface area contributed by atoms with Gasteiger partial charge in [-0.25, -0.2) is 4.79 Å². The predicted octanol–water partition coefficient (Wildman–Crippen LogP) is 4.38. The first-order valence-electron chi connectivity index (χ1n) is 7.03. The zero-order chi connectivity index (χ0) is 15.7. The second-order valence-electron chi connectivity index (χ2n) is 7.14. The fraction of sp³-hybridized carbons (Fsp3) is 0.588. The second-order valence-corrected chi connectivity index (χ2v) is 7.14. The van der Waals surface area contributed by atoms with E-state index in [1.54, 1.807) is 12.1 Å². The summed E-state index contributed by atoms with van der Waals surface area (Å²) in [5, 5.41) is 9.35. The molecule has 0 aliphatic rings. The van der Waals surface area contributed by atoms with Gasteiger partial charge in [0.2, 0.25) is 0 Å². The standard InChI is InChI=1S/C17H26O3/c1-8-20-14-12(16(2,3)4)9-11(15(18)19)10-13(14)17(5,6)7/h9-10H,8H2,1-7H3,(H,18,19). The topological polar surface area (TPSA) is 46.5 Å². The number of rotatable bonds is 3. The molecule has 1 aromatic carbocycles. The Kier molecular flexibility index (Phi) is 4.52. The molecule has 0 spiro atoms. The molecular formula is C17H26O3. The van der Waals surface area contributed by atoms with Gasteiger partial charge in [0, 0.05) is 11.1 Å². The Balaban J connectivity index is 3.71. The first-order valence-corrected chi connectivity index (χ1v) is 7.03. The van der Waals surface area contributed by atoms with E-state index in [-0.39, 0.29) is 10.8 Å². The lowest BCUT2D eigenvalue weighted by molar-refractivity contribution is 0.0696. The maximum absolute atomic E-state index is 11.4. The Morgan fingerprint density at radius 3 is 1.70 bits per heavy atom. The number of aromatic carboxylic acids is 1. The lowest BCUT2D eigenvalue weighted by atomic mass is 9.78. The van der Waals surface area contributed by atoms with Gasteiger partial charge in [0.25, 0.3) is 0 Å². The third-order valence-corrected chi connectivity index (χ3v) is 3.24. The molecule has 20 heavy (non-hydrogen) atoms. The van der Waals surface area contributed by atoms with Gasteiger partial charge in [0.15, 0.2) is 0 Å². The highest BCUT2D eigenvalue weighted by molar-refractivity contribution is 5.88. The van der Waals surface area contributed by atoms with Crippen molar-refractivity contribution in [1.29, 1.82) is 0 Å². The van der Waals surface area contributed by atoms with Crippen molar-refractivity contribution in [3.05, 3.63) is 28.8 Å². The second kappa shape index (κ2) is 5.47. The summed E-state index contributed by atoms with van der Waals surface area (Å²) in [6.45, 7) is 15.0. The third-order valence-electron chi connectivity index (χ3n) is 3.24. The van der Waals surface area contributed by atoms with Crippen molar-refractivity contribution >= 4 is 5.97 Å². The molecule has 0 atom stereocenters. The minimum Gasteiger partial charge on any atom is -0.493 e. The molecule has 1 N–H and O–H groups in total. The molecule has 0 amide bonds. The summed E-state index contributed by atoms with van der Waals surface area (Å²) in [5.74, 6) is -0.0680. The SMILES string of the molecule is CCOc1c(C(C)(C)C)cc(C(=O)O)cc1C(C)(C)C. The molecule has 3 heteroatoms. The van der Waals surface area contributed by atoms with Gasteiger partial charge in [-0.2, -0.15) is 0 Å². The first-order chi connectivity index (χ1) is 8.98. The molecular weight excluding hydrogens is 252 g/mol. The van der Waals surface area contributed by atoms with Crippen molar-refractivity contribution in [2.75, 3.05) is 6.61 Å². The highest BCUT2D eigenvalue weighted by Gasteiger charge is 2.28. The fourth-order valence-electron chi connectivity index (χ4n) is 2.17. The van der Waals surface area contributed by atoms with Crippen molar-refractivity contribution in [3.63, 3.8) is 0 Å². The highest BCUT2D eigenvalue weighted by atomic mass is 16.5. The van der Waals surface area contributed by atoms with Crippen LogP contribution < -0.4 is 4.74 Å². The van der Waals surface area contributed by atoms with Crippen LogP contribution in [0, 0.1) is 0 Å². The van der Waals surface area contributed by atoms with E-state index in [0.29, 0.717) is 12.2 Å². The predicted molar refractivity (Wildman–Crippen MR) is 82.0 cm³/mol. The Hall–Kier alpha value is -1.51. The van der Waals surface area contributed by atoms with Crippen molar-refractivity contribution in [2.45, 2.75) is 59.3 Å². The van der Waals surface area contributed by atoms with E-state index >= 15 is 0 Å². The summed E-state index contributed by atoms with van der Waals surface area (Å²) in [6.07, 6.45) is 0. The van der Waals surface area contributed by atoms with E-state index in [1.807, 2.05) is 6.92 Å². The van der Waals surface area contributed by atoms with E-state index in [2.05, 4.69) is 41.5 Å². The average Bonchev–Trinajstić information content (AvgIpc) is 2.26. The quantitative estimate of drug-likeness (QED) is 0.892. The lowest BCUT2D eigenvalue weighted by Gasteiger charge is -2.30. The summed E-state index contributed by atoms with van der Waals surface area (Å²) >= 11 is 0. The van der Waals surface area contributed by atoms with Crippen molar-refractivity contribution in [3.8, 4) is 5.75 Å². The Morgan fingerprint density at radius 2 is 1.45 bits per heavy atom. The van der Waals surface area contributed by atoms with Gasteiger partial charge in [-0.3, -0.25) is 0 Å². The van der Waals surface area contributed by atoms with Crippen LogP contribution in [-0.4, -0.2) is 17.7 Å². The minimum absolute atomic E-state index is 0.171. The van der Waals surface area contributed by atoms with E-state index < -0.39 is 5.97 Å². The van der Waals surface area contributed by atoms with Gasteiger partial charge in [0.05, 0.1) is 12.2 Å². The van der Waals surface area contributed by atoms with Gasteiger partial charge in [-0.15, -0.1) is 0 Å². The van der Waals surface area contributed by atoms with Crippen LogP contribution in [0.5, 0.6) is 5.75 Å². The normalized spacial score (nSPS) is 12.3. The van der Waals surface area contributed by atoms with Gasteiger partial charge in [0.1, 0.15) is 5.75 Å². The molecule has 0 aliphatic heterocycles. The molecule has 0 saturated carbocycles. The molecule has 0 saturated heterocycles. The van der Waals surface area contributed by atoms with E-state index in [9.17, 15) is 9.90 Å². The smallest absolute Gasteiger partial charge is 0.335 e. The molecule has 1 aromatic rings. The summed E-state index contributed by atoms with van der Waals surface area (Å²) < 4.78 is 5.86. The number of ether oxygens (including phenoxy) is 1. The van der Waals surface area contributed by atoms with Gasteiger partial charge >= 0.3 is 5.97 Å². The average molecular weight is 278 g/mol. The first kappa shape index (κ1) is 16.5.